The first-order valence-electron chi connectivity index (χ1n) is 7.96. The van der Waals surface area contributed by atoms with Crippen molar-refractivity contribution in [3.05, 3.63) is 43.1 Å². The molecule has 0 radical (unpaired) electrons. The largest absolute Gasteiger partial charge is 0.503 e. The Morgan fingerprint density at radius 2 is 1.71 bits per heavy atom. The quantitative estimate of drug-likeness (QED) is 0.311. The Bertz CT molecular complexity index is 1240. The standard InChI is InChI=1S/C16H18N4O7S/c1-5-11(27-4)6(2)14(23)19-12(5)16(24,25)28(26)15-18-8-10(22)9(21)7(3)17-13(8)20-15/h21,24-25H,1-4H3,(H,19,23)(H2,17,18,20,22). The van der Waals surface area contributed by atoms with Gasteiger partial charge in [0.15, 0.2) is 22.2 Å². The summed E-state index contributed by atoms with van der Waals surface area (Å²) in [6.45, 7) is 4.39. The number of fused-ring (bicyclic) bond motifs is 1. The lowest BCUT2D eigenvalue weighted by Gasteiger charge is -2.23. The third kappa shape index (κ3) is 2.82. The third-order valence-electron chi connectivity index (χ3n) is 4.38. The summed E-state index contributed by atoms with van der Waals surface area (Å²) >= 11 is 0. The highest BCUT2D eigenvalue weighted by molar-refractivity contribution is 7.85. The molecule has 3 heterocycles. The van der Waals surface area contributed by atoms with Crippen LogP contribution in [0.3, 0.4) is 0 Å². The predicted octanol–water partition coefficient (Wildman–Crippen LogP) is -0.518. The molecule has 0 aliphatic carbocycles. The zero-order valence-corrected chi connectivity index (χ0v) is 16.1. The molecule has 12 heteroatoms. The molecule has 0 aliphatic rings. The van der Waals surface area contributed by atoms with E-state index in [1.807, 2.05) is 0 Å². The van der Waals surface area contributed by atoms with Crippen molar-refractivity contribution in [2.75, 3.05) is 7.11 Å². The van der Waals surface area contributed by atoms with Gasteiger partial charge < -0.3 is 35.0 Å². The first kappa shape index (κ1) is 19.8. The van der Waals surface area contributed by atoms with Gasteiger partial charge in [-0.25, -0.2) is 9.19 Å². The number of hydrogen-bond donors (Lipinski definition) is 6. The number of ether oxygens (including phenoxy) is 1. The number of aryl methyl sites for hydroxylation is 1. The molecular weight excluding hydrogens is 392 g/mol. The second-order valence-electron chi connectivity index (χ2n) is 6.18. The van der Waals surface area contributed by atoms with Gasteiger partial charge in [-0.15, -0.1) is 0 Å². The number of nitrogens with zero attached hydrogens (tertiary/aromatic N) is 1. The van der Waals surface area contributed by atoms with Crippen LogP contribution >= 0.6 is 0 Å². The van der Waals surface area contributed by atoms with Crippen LogP contribution in [0.1, 0.15) is 22.5 Å². The maximum absolute atomic E-state index is 12.8. The van der Waals surface area contributed by atoms with Gasteiger partial charge in [0.25, 0.3) is 10.7 Å². The SMILES string of the molecule is COc1c(C)c(C(O)(O)S(=O)c2nc3[nH]c(C)c(O)c(=O)c3[nH]2)[nH]c(=O)c1C. The average Bonchev–Trinajstić information content (AvgIpc) is 3.06. The molecule has 0 aliphatic heterocycles. The molecule has 0 amide bonds. The number of methoxy groups -OCH3 is 1. The number of H-pyrrole nitrogens is 3. The van der Waals surface area contributed by atoms with Crippen molar-refractivity contribution in [2.24, 2.45) is 0 Å². The van der Waals surface area contributed by atoms with Crippen LogP contribution in [-0.2, 0) is 15.9 Å². The lowest BCUT2D eigenvalue weighted by Crippen LogP contribution is -2.36. The Hall–Kier alpha value is -2.96. The first-order valence-corrected chi connectivity index (χ1v) is 9.11. The minimum absolute atomic E-state index is 0.0221. The van der Waals surface area contributed by atoms with Crippen LogP contribution in [0.5, 0.6) is 11.5 Å². The number of nitrogens with one attached hydrogen (secondary N) is 3. The van der Waals surface area contributed by atoms with Gasteiger partial charge in [-0.3, -0.25) is 9.59 Å². The monoisotopic (exact) mass is 410 g/mol. The van der Waals surface area contributed by atoms with Gasteiger partial charge >= 0.3 is 0 Å². The van der Waals surface area contributed by atoms with Crippen molar-refractivity contribution in [1.82, 2.24) is 19.9 Å². The summed E-state index contributed by atoms with van der Waals surface area (Å²) < 4.78 is 18.0. The molecule has 1 unspecified atom stereocenters. The summed E-state index contributed by atoms with van der Waals surface area (Å²) in [6, 6.07) is 0. The second-order valence-corrected chi connectivity index (χ2v) is 7.68. The molecule has 28 heavy (non-hydrogen) atoms. The third-order valence-corrected chi connectivity index (χ3v) is 5.65. The number of rotatable bonds is 4. The highest BCUT2D eigenvalue weighted by atomic mass is 32.2. The molecule has 3 rings (SSSR count). The van der Waals surface area contributed by atoms with E-state index in [1.165, 1.54) is 27.9 Å². The van der Waals surface area contributed by atoms with Crippen molar-refractivity contribution < 1.29 is 24.3 Å². The number of hydrogen-bond acceptors (Lipinski definition) is 8. The van der Waals surface area contributed by atoms with Crippen LogP contribution in [-0.4, -0.2) is 46.6 Å². The van der Waals surface area contributed by atoms with Crippen LogP contribution in [0.15, 0.2) is 14.7 Å². The maximum Gasteiger partial charge on any atom is 0.293 e. The zero-order chi connectivity index (χ0) is 21.0. The Balaban J connectivity index is 2.18. The molecule has 3 aromatic heterocycles. The number of aromatic amines is 3. The highest BCUT2D eigenvalue weighted by Gasteiger charge is 2.41. The fourth-order valence-electron chi connectivity index (χ4n) is 2.88. The Morgan fingerprint density at radius 1 is 1.07 bits per heavy atom. The normalized spacial score (nSPS) is 13.1. The van der Waals surface area contributed by atoms with Gasteiger partial charge in [0.05, 0.1) is 24.1 Å². The molecule has 1 atom stereocenters. The maximum atomic E-state index is 12.8. The Morgan fingerprint density at radius 3 is 2.32 bits per heavy atom. The van der Waals surface area contributed by atoms with Crippen LogP contribution in [0.4, 0.5) is 0 Å². The van der Waals surface area contributed by atoms with Crippen molar-refractivity contribution in [3.63, 3.8) is 0 Å². The molecule has 6 N–H and O–H groups in total. The van der Waals surface area contributed by atoms with Crippen molar-refractivity contribution in [2.45, 2.75) is 31.0 Å². The van der Waals surface area contributed by atoms with Crippen LogP contribution in [0.25, 0.3) is 11.2 Å². The average molecular weight is 410 g/mol. The fourth-order valence-corrected chi connectivity index (χ4v) is 3.91. The molecule has 0 spiro atoms. The van der Waals surface area contributed by atoms with E-state index in [0.717, 1.165) is 0 Å². The first-order chi connectivity index (χ1) is 13.0. The van der Waals surface area contributed by atoms with E-state index in [9.17, 15) is 29.1 Å². The van der Waals surface area contributed by atoms with Crippen LogP contribution < -0.4 is 15.7 Å². The molecule has 0 fully saturated rings. The molecule has 150 valence electrons. The van der Waals surface area contributed by atoms with Crippen LogP contribution in [0.2, 0.25) is 0 Å². The smallest absolute Gasteiger partial charge is 0.293 e. The number of aromatic hydroxyl groups is 1. The number of imidazole rings is 1. The van der Waals surface area contributed by atoms with Crippen LogP contribution in [0, 0.1) is 20.8 Å². The summed E-state index contributed by atoms with van der Waals surface area (Å²) in [7, 11) is -1.34. The van der Waals surface area contributed by atoms with Crippen molar-refractivity contribution >= 4 is 22.0 Å². The van der Waals surface area contributed by atoms with E-state index in [-0.39, 0.29) is 33.7 Å². The topological polar surface area (TPSA) is 181 Å². The minimum atomic E-state index is -3.06. The van der Waals surface area contributed by atoms with E-state index in [1.54, 1.807) is 0 Å². The van der Waals surface area contributed by atoms with Crippen molar-refractivity contribution in [1.29, 1.82) is 0 Å². The van der Waals surface area contributed by atoms with E-state index in [4.69, 9.17) is 4.74 Å². The highest BCUT2D eigenvalue weighted by Crippen LogP contribution is 2.32. The van der Waals surface area contributed by atoms with Gasteiger partial charge in [0.1, 0.15) is 11.3 Å². The number of aliphatic hydroxyl groups is 2. The zero-order valence-electron chi connectivity index (χ0n) is 15.3. The van der Waals surface area contributed by atoms with E-state index >= 15 is 0 Å². The number of pyridine rings is 2. The van der Waals surface area contributed by atoms with Gasteiger partial charge in [0.2, 0.25) is 10.6 Å². The minimum Gasteiger partial charge on any atom is -0.503 e. The van der Waals surface area contributed by atoms with E-state index in [0.29, 0.717) is 0 Å². The summed E-state index contributed by atoms with van der Waals surface area (Å²) in [5.74, 6) is -0.431. The summed E-state index contributed by atoms with van der Waals surface area (Å²) in [5, 5.41) is 27.3. The molecule has 0 bridgehead atoms. The van der Waals surface area contributed by atoms with Gasteiger partial charge in [0, 0.05) is 5.56 Å². The Labute approximate surface area is 159 Å². The summed E-state index contributed by atoms with van der Waals surface area (Å²) in [6.07, 6.45) is 0. The molecule has 0 aromatic carbocycles. The van der Waals surface area contributed by atoms with Gasteiger partial charge in [-0.05, 0) is 20.8 Å². The molecule has 11 nitrogen and oxygen atoms in total. The molecular formula is C16H18N4O7S. The molecule has 0 saturated carbocycles. The summed E-state index contributed by atoms with van der Waals surface area (Å²) in [4.78, 5) is 35.5. The molecule has 0 saturated heterocycles. The number of aromatic nitrogens is 4. The fraction of sp³-hybridized carbons (Fsp3) is 0.312. The van der Waals surface area contributed by atoms with Gasteiger partial charge in [-0.2, -0.15) is 0 Å². The van der Waals surface area contributed by atoms with E-state index < -0.39 is 43.5 Å². The Kier molecular flexibility index (Phi) is 4.65. The van der Waals surface area contributed by atoms with E-state index in [2.05, 4.69) is 19.9 Å². The second kappa shape index (κ2) is 6.58. The van der Waals surface area contributed by atoms with Crippen molar-refractivity contribution in [3.8, 4) is 11.5 Å². The molecule has 3 aromatic rings. The predicted molar refractivity (Wildman–Crippen MR) is 98.7 cm³/mol. The van der Waals surface area contributed by atoms with Gasteiger partial charge in [-0.1, -0.05) is 0 Å². The lowest BCUT2D eigenvalue weighted by molar-refractivity contribution is -0.0909. The summed E-state index contributed by atoms with van der Waals surface area (Å²) in [5.41, 5.74) is -1.56. The lowest BCUT2D eigenvalue weighted by atomic mass is 10.1.